The molecule has 1 aromatic carbocycles. The van der Waals surface area contributed by atoms with Crippen LogP contribution in [0.25, 0.3) is 11.4 Å². The number of fused-ring (bicyclic) bond motifs is 1. The van der Waals surface area contributed by atoms with Crippen LogP contribution in [0.15, 0.2) is 12.1 Å². The van der Waals surface area contributed by atoms with Crippen LogP contribution in [0.2, 0.25) is 0 Å². The molecule has 0 spiro atoms. The Kier molecular flexibility index (Phi) is 3.15. The Morgan fingerprint density at radius 2 is 2.00 bits per heavy atom. The van der Waals surface area contributed by atoms with Crippen molar-refractivity contribution in [3.05, 3.63) is 35.4 Å². The molecular weight excluding hydrogens is 287 g/mol. The Bertz CT molecular complexity index is 730. The lowest BCUT2D eigenvalue weighted by atomic mass is 9.99. The Labute approximate surface area is 117 Å². The fourth-order valence-corrected chi connectivity index (χ4v) is 2.43. The van der Waals surface area contributed by atoms with Gasteiger partial charge in [0, 0.05) is 13.0 Å². The molecule has 1 unspecified atom stereocenters. The van der Waals surface area contributed by atoms with E-state index >= 15 is 0 Å². The molecule has 1 aromatic heterocycles. The molecule has 0 saturated carbocycles. The zero-order chi connectivity index (χ0) is 15.1. The van der Waals surface area contributed by atoms with Gasteiger partial charge in [-0.05, 0) is 18.6 Å². The van der Waals surface area contributed by atoms with Gasteiger partial charge in [-0.2, -0.15) is 0 Å². The molecule has 1 atom stereocenters. The molecule has 0 fully saturated rings. The summed E-state index contributed by atoms with van der Waals surface area (Å²) in [5, 5.41) is 16.7. The van der Waals surface area contributed by atoms with Crippen LogP contribution in [-0.4, -0.2) is 25.8 Å². The van der Waals surface area contributed by atoms with Gasteiger partial charge in [0.2, 0.25) is 0 Å². The Morgan fingerprint density at radius 1 is 1.24 bits per heavy atom. The molecule has 2 heterocycles. The molecule has 5 nitrogen and oxygen atoms in total. The minimum absolute atomic E-state index is 0.00681. The van der Waals surface area contributed by atoms with Gasteiger partial charge >= 0.3 is 5.97 Å². The second kappa shape index (κ2) is 4.87. The maximum Gasteiger partial charge on any atom is 0.308 e. The standard InChI is InChI=1S/C13H10F3N3O2/c14-8-3-2-7(10(15)11(8)16)12-18-17-9-4-1-6(13(20)21)5-19(9)12/h2-3,6H,1,4-5H2,(H,20,21). The molecule has 8 heteroatoms. The largest absolute Gasteiger partial charge is 0.481 e. The first-order valence-electron chi connectivity index (χ1n) is 6.27. The summed E-state index contributed by atoms with van der Waals surface area (Å²) in [5.41, 5.74) is -0.237. The highest BCUT2D eigenvalue weighted by Gasteiger charge is 2.29. The monoisotopic (exact) mass is 297 g/mol. The Hall–Kier alpha value is -2.38. The summed E-state index contributed by atoms with van der Waals surface area (Å²) in [6.07, 6.45) is 0.795. The van der Waals surface area contributed by atoms with Gasteiger partial charge in [-0.1, -0.05) is 0 Å². The SMILES string of the molecule is O=C(O)C1CCc2nnc(-c3ccc(F)c(F)c3F)n2C1. The van der Waals surface area contributed by atoms with Gasteiger partial charge in [0.25, 0.3) is 0 Å². The zero-order valence-corrected chi connectivity index (χ0v) is 10.7. The molecular formula is C13H10F3N3O2. The molecule has 21 heavy (non-hydrogen) atoms. The quantitative estimate of drug-likeness (QED) is 0.861. The van der Waals surface area contributed by atoms with Gasteiger partial charge in [0.05, 0.1) is 11.5 Å². The highest BCUT2D eigenvalue weighted by molar-refractivity contribution is 5.70. The van der Waals surface area contributed by atoms with E-state index in [1.54, 1.807) is 0 Å². The number of benzene rings is 1. The van der Waals surface area contributed by atoms with E-state index in [9.17, 15) is 18.0 Å². The summed E-state index contributed by atoms with van der Waals surface area (Å²) >= 11 is 0. The van der Waals surface area contributed by atoms with Gasteiger partial charge in [-0.25, -0.2) is 13.2 Å². The number of aromatic nitrogens is 3. The van der Waals surface area contributed by atoms with Crippen molar-refractivity contribution in [3.63, 3.8) is 0 Å². The van der Waals surface area contributed by atoms with Crippen LogP contribution in [0.3, 0.4) is 0 Å². The van der Waals surface area contributed by atoms with Crippen LogP contribution >= 0.6 is 0 Å². The van der Waals surface area contributed by atoms with E-state index in [1.807, 2.05) is 0 Å². The summed E-state index contributed by atoms with van der Waals surface area (Å²) < 4.78 is 41.6. The average Bonchev–Trinajstić information content (AvgIpc) is 2.88. The first kappa shape index (κ1) is 13.6. The van der Waals surface area contributed by atoms with Crippen LogP contribution in [0.5, 0.6) is 0 Å². The number of carbonyl (C=O) groups is 1. The van der Waals surface area contributed by atoms with Crippen LogP contribution in [0.4, 0.5) is 13.2 Å². The normalized spacial score (nSPS) is 17.6. The molecule has 0 aliphatic carbocycles. The summed E-state index contributed by atoms with van der Waals surface area (Å²) in [6, 6.07) is 1.86. The van der Waals surface area contributed by atoms with Crippen molar-refractivity contribution in [1.29, 1.82) is 0 Å². The average molecular weight is 297 g/mol. The predicted octanol–water partition coefficient (Wildman–Crippen LogP) is 2.01. The Morgan fingerprint density at radius 3 is 2.71 bits per heavy atom. The van der Waals surface area contributed by atoms with E-state index in [2.05, 4.69) is 10.2 Å². The van der Waals surface area contributed by atoms with Crippen molar-refractivity contribution in [2.75, 3.05) is 0 Å². The summed E-state index contributed by atoms with van der Waals surface area (Å²) in [6.45, 7) is 0.0748. The van der Waals surface area contributed by atoms with Crippen molar-refractivity contribution in [2.45, 2.75) is 19.4 Å². The first-order chi connectivity index (χ1) is 9.99. The van der Waals surface area contributed by atoms with Crippen molar-refractivity contribution in [3.8, 4) is 11.4 Å². The molecule has 1 N–H and O–H groups in total. The maximum atomic E-state index is 13.8. The molecule has 110 valence electrons. The van der Waals surface area contributed by atoms with Gasteiger partial charge in [-0.3, -0.25) is 4.79 Å². The summed E-state index contributed by atoms with van der Waals surface area (Å²) in [5.74, 6) is -5.33. The van der Waals surface area contributed by atoms with Crippen molar-refractivity contribution in [1.82, 2.24) is 14.8 Å². The van der Waals surface area contributed by atoms with Gasteiger partial charge in [0.15, 0.2) is 23.3 Å². The third-order valence-electron chi connectivity index (χ3n) is 3.57. The number of hydrogen-bond acceptors (Lipinski definition) is 3. The third-order valence-corrected chi connectivity index (χ3v) is 3.57. The summed E-state index contributed by atoms with van der Waals surface area (Å²) in [4.78, 5) is 11.1. The van der Waals surface area contributed by atoms with Gasteiger partial charge in [-0.15, -0.1) is 10.2 Å². The lowest BCUT2D eigenvalue weighted by molar-refractivity contribution is -0.142. The van der Waals surface area contributed by atoms with Gasteiger partial charge < -0.3 is 9.67 Å². The molecule has 3 rings (SSSR count). The minimum Gasteiger partial charge on any atom is -0.481 e. The van der Waals surface area contributed by atoms with E-state index in [-0.39, 0.29) is 17.9 Å². The van der Waals surface area contributed by atoms with Crippen LogP contribution < -0.4 is 0 Å². The van der Waals surface area contributed by atoms with Crippen molar-refractivity contribution < 1.29 is 23.1 Å². The number of hydrogen-bond donors (Lipinski definition) is 1. The smallest absolute Gasteiger partial charge is 0.308 e. The molecule has 1 aliphatic heterocycles. The molecule has 0 amide bonds. The summed E-state index contributed by atoms with van der Waals surface area (Å²) in [7, 11) is 0. The van der Waals surface area contributed by atoms with Crippen LogP contribution in [-0.2, 0) is 17.8 Å². The zero-order valence-electron chi connectivity index (χ0n) is 10.7. The molecule has 0 saturated heterocycles. The topological polar surface area (TPSA) is 68.0 Å². The molecule has 2 aromatic rings. The second-order valence-corrected chi connectivity index (χ2v) is 4.85. The maximum absolute atomic E-state index is 13.8. The second-order valence-electron chi connectivity index (χ2n) is 4.85. The number of nitrogens with zero attached hydrogens (tertiary/aromatic N) is 3. The van der Waals surface area contributed by atoms with Gasteiger partial charge in [0.1, 0.15) is 5.82 Å². The third kappa shape index (κ3) is 2.16. The number of aliphatic carboxylic acids is 1. The fourth-order valence-electron chi connectivity index (χ4n) is 2.43. The van der Waals surface area contributed by atoms with E-state index in [0.717, 1.165) is 12.1 Å². The van der Waals surface area contributed by atoms with Crippen LogP contribution in [0.1, 0.15) is 12.2 Å². The molecule has 0 radical (unpaired) electrons. The van der Waals surface area contributed by atoms with E-state index in [0.29, 0.717) is 18.7 Å². The Balaban J connectivity index is 2.08. The van der Waals surface area contributed by atoms with E-state index < -0.39 is 29.3 Å². The number of halogens is 3. The predicted molar refractivity (Wildman–Crippen MR) is 64.8 cm³/mol. The van der Waals surface area contributed by atoms with E-state index in [1.165, 1.54) is 4.57 Å². The lowest BCUT2D eigenvalue weighted by Crippen LogP contribution is -2.27. The molecule has 0 bridgehead atoms. The fraction of sp³-hybridized carbons (Fsp3) is 0.308. The van der Waals surface area contributed by atoms with Crippen LogP contribution in [0, 0.1) is 23.4 Å². The van der Waals surface area contributed by atoms with E-state index in [4.69, 9.17) is 5.11 Å². The number of aryl methyl sites for hydroxylation is 1. The number of carboxylic acid groups (broad SMARTS) is 1. The lowest BCUT2D eigenvalue weighted by Gasteiger charge is -2.21. The van der Waals surface area contributed by atoms with Crippen molar-refractivity contribution in [2.24, 2.45) is 5.92 Å². The number of carboxylic acids is 1. The highest BCUT2D eigenvalue weighted by atomic mass is 19.2. The molecule has 1 aliphatic rings. The van der Waals surface area contributed by atoms with Crippen molar-refractivity contribution >= 4 is 5.97 Å². The number of rotatable bonds is 2. The highest BCUT2D eigenvalue weighted by Crippen LogP contribution is 2.29. The minimum atomic E-state index is -1.59. The first-order valence-corrected chi connectivity index (χ1v) is 6.27.